The number of hydrogen-bond donors (Lipinski definition) is 2. The van der Waals surface area contributed by atoms with E-state index in [0.717, 1.165) is 5.39 Å². The van der Waals surface area contributed by atoms with Crippen molar-refractivity contribution in [3.05, 3.63) is 30.5 Å². The Morgan fingerprint density at radius 1 is 1.32 bits per heavy atom. The molecular formula is C18H24BN2O6P. The Balaban J connectivity index is 1.82. The van der Waals surface area contributed by atoms with Crippen LogP contribution in [0.5, 0.6) is 5.75 Å². The number of aliphatic hydroxyl groups is 2. The lowest BCUT2D eigenvalue weighted by atomic mass is 9.89. The summed E-state index contributed by atoms with van der Waals surface area (Å²) in [6, 6.07) is 7.06. The highest BCUT2D eigenvalue weighted by Gasteiger charge is 2.50. The maximum atomic E-state index is 11.5. The summed E-state index contributed by atoms with van der Waals surface area (Å²) in [5, 5.41) is 21.5. The van der Waals surface area contributed by atoms with E-state index in [1.54, 1.807) is 38.2 Å². The first-order chi connectivity index (χ1) is 13.1. The molecule has 1 aromatic heterocycles. The summed E-state index contributed by atoms with van der Waals surface area (Å²) in [4.78, 5) is 15.9. The van der Waals surface area contributed by atoms with Crippen LogP contribution in [0, 0.1) is 0 Å². The van der Waals surface area contributed by atoms with Crippen LogP contribution in [0.25, 0.3) is 10.9 Å². The van der Waals surface area contributed by atoms with Crippen LogP contribution in [-0.2, 0) is 9.47 Å². The topological polar surface area (TPSA) is 101 Å². The molecule has 28 heavy (non-hydrogen) atoms. The van der Waals surface area contributed by atoms with Gasteiger partial charge in [-0.3, -0.25) is 9.78 Å². The molecule has 150 valence electrons. The van der Waals surface area contributed by atoms with Gasteiger partial charge in [-0.05, 0) is 41.4 Å². The summed E-state index contributed by atoms with van der Waals surface area (Å²) in [6.45, 7) is 3.53. The van der Waals surface area contributed by atoms with Gasteiger partial charge in [0.25, 0.3) is 0 Å². The molecule has 2 heterocycles. The van der Waals surface area contributed by atoms with E-state index in [2.05, 4.69) is 14.4 Å². The van der Waals surface area contributed by atoms with Crippen molar-refractivity contribution >= 4 is 39.6 Å². The molecule has 1 amide bonds. The van der Waals surface area contributed by atoms with Crippen LogP contribution in [0.2, 0.25) is 0 Å². The van der Waals surface area contributed by atoms with E-state index in [1.165, 1.54) is 19.6 Å². The number of nitrogens with zero attached hydrogens (tertiary/aromatic N) is 2. The summed E-state index contributed by atoms with van der Waals surface area (Å²) < 4.78 is 18.3. The molecule has 0 spiro atoms. The SMILES string of the molecule is BC(=O)N(P)c1cnc2cc(O[C@@H]3OC(C)(C)[C@H](OC)[C@@H](O)[C@H]3O)ccc2c1. The predicted molar refractivity (Wildman–Crippen MR) is 110 cm³/mol. The van der Waals surface area contributed by atoms with Gasteiger partial charge in [0.1, 0.15) is 24.1 Å². The molecule has 1 aliphatic heterocycles. The van der Waals surface area contributed by atoms with Crippen molar-refractivity contribution < 1.29 is 29.2 Å². The minimum atomic E-state index is -1.27. The number of benzene rings is 1. The van der Waals surface area contributed by atoms with Crippen molar-refractivity contribution in [1.82, 2.24) is 4.98 Å². The minimum absolute atomic E-state index is 0.120. The first kappa shape index (κ1) is 21.0. The molecule has 1 aliphatic rings. The van der Waals surface area contributed by atoms with Gasteiger partial charge in [0.2, 0.25) is 14.1 Å². The number of ether oxygens (including phenoxy) is 3. The molecule has 8 nitrogen and oxygen atoms in total. The molecule has 1 aromatic carbocycles. The van der Waals surface area contributed by atoms with Crippen LogP contribution in [0.15, 0.2) is 30.5 Å². The first-order valence-electron chi connectivity index (χ1n) is 8.82. The van der Waals surface area contributed by atoms with Crippen molar-refractivity contribution in [2.75, 3.05) is 11.8 Å². The maximum absolute atomic E-state index is 11.5. The number of carbonyl (C=O) groups is 1. The number of rotatable bonds is 4. The Morgan fingerprint density at radius 2 is 2.04 bits per heavy atom. The zero-order valence-electron chi connectivity index (χ0n) is 16.2. The number of fused-ring (bicyclic) bond motifs is 1. The second-order valence-electron chi connectivity index (χ2n) is 7.28. The van der Waals surface area contributed by atoms with E-state index in [1.807, 2.05) is 6.07 Å². The number of amides is 1. The van der Waals surface area contributed by atoms with Crippen LogP contribution >= 0.6 is 9.39 Å². The van der Waals surface area contributed by atoms with Gasteiger partial charge >= 0.3 is 0 Å². The van der Waals surface area contributed by atoms with Crippen molar-refractivity contribution in [3.8, 4) is 5.75 Å². The fourth-order valence-electron chi connectivity index (χ4n) is 3.32. The van der Waals surface area contributed by atoms with E-state index in [9.17, 15) is 15.0 Å². The van der Waals surface area contributed by atoms with E-state index < -0.39 is 30.2 Å². The molecule has 0 radical (unpaired) electrons. The van der Waals surface area contributed by atoms with Crippen molar-refractivity contribution in [1.29, 1.82) is 0 Å². The molecule has 2 N–H and O–H groups in total. The minimum Gasteiger partial charge on any atom is -0.462 e. The summed E-state index contributed by atoms with van der Waals surface area (Å²) >= 11 is 0. The Morgan fingerprint density at radius 3 is 2.68 bits per heavy atom. The van der Waals surface area contributed by atoms with Gasteiger partial charge in [-0.2, -0.15) is 0 Å². The largest absolute Gasteiger partial charge is 0.462 e. The van der Waals surface area contributed by atoms with Gasteiger partial charge in [0.15, 0.2) is 5.81 Å². The van der Waals surface area contributed by atoms with Crippen LogP contribution in [0.1, 0.15) is 13.8 Å². The lowest BCUT2D eigenvalue weighted by Gasteiger charge is -2.46. The van der Waals surface area contributed by atoms with Gasteiger partial charge in [0, 0.05) is 18.6 Å². The molecule has 0 saturated carbocycles. The molecule has 5 atom stereocenters. The quantitative estimate of drug-likeness (QED) is 0.573. The number of aliphatic hydroxyl groups excluding tert-OH is 2. The molecule has 1 saturated heterocycles. The van der Waals surface area contributed by atoms with Crippen LogP contribution < -0.4 is 9.41 Å². The zero-order chi connectivity index (χ0) is 20.6. The average Bonchev–Trinajstić information content (AvgIpc) is 2.64. The Kier molecular flexibility index (Phi) is 5.93. The Bertz CT molecular complexity index is 882. The number of pyridine rings is 1. The molecule has 10 heteroatoms. The first-order valence-corrected chi connectivity index (χ1v) is 9.34. The fraction of sp³-hybridized carbons (Fsp3) is 0.444. The molecule has 2 aromatic rings. The maximum Gasteiger partial charge on any atom is 0.229 e. The van der Waals surface area contributed by atoms with E-state index >= 15 is 0 Å². The summed E-state index contributed by atoms with van der Waals surface area (Å²) in [7, 11) is 5.28. The van der Waals surface area contributed by atoms with Crippen LogP contribution in [0.3, 0.4) is 0 Å². The van der Waals surface area contributed by atoms with Crippen LogP contribution in [0.4, 0.5) is 10.5 Å². The van der Waals surface area contributed by atoms with E-state index in [-0.39, 0.29) is 5.81 Å². The van der Waals surface area contributed by atoms with Gasteiger partial charge in [0.05, 0.1) is 23.0 Å². The number of aromatic nitrogens is 1. The summed E-state index contributed by atoms with van der Waals surface area (Å²) in [5.41, 5.74) is 0.458. The van der Waals surface area contributed by atoms with Crippen molar-refractivity contribution in [2.45, 2.75) is 44.1 Å². The highest BCUT2D eigenvalue weighted by molar-refractivity contribution is 7.22. The fourth-order valence-corrected chi connectivity index (χ4v) is 3.46. The Labute approximate surface area is 166 Å². The van der Waals surface area contributed by atoms with Gasteiger partial charge < -0.3 is 29.1 Å². The molecule has 0 bridgehead atoms. The average molecular weight is 406 g/mol. The molecule has 1 unspecified atom stereocenters. The number of carbonyl (C=O) groups excluding carboxylic acids is 1. The summed E-state index contributed by atoms with van der Waals surface area (Å²) in [6.07, 6.45) is -2.59. The zero-order valence-corrected chi connectivity index (χ0v) is 17.4. The third-order valence-electron chi connectivity index (χ3n) is 4.81. The van der Waals surface area contributed by atoms with E-state index in [0.29, 0.717) is 17.0 Å². The highest BCUT2D eigenvalue weighted by atomic mass is 31.0. The van der Waals surface area contributed by atoms with Gasteiger partial charge in [-0.15, -0.1) is 0 Å². The molecule has 1 fully saturated rings. The molecular weight excluding hydrogens is 382 g/mol. The Hall–Kier alpha value is -1.77. The number of anilines is 1. The lowest BCUT2D eigenvalue weighted by Crippen LogP contribution is -2.63. The van der Waals surface area contributed by atoms with E-state index in [4.69, 9.17) is 14.2 Å². The second kappa shape index (κ2) is 7.93. The van der Waals surface area contributed by atoms with Crippen molar-refractivity contribution in [2.24, 2.45) is 0 Å². The number of hydrogen-bond acceptors (Lipinski definition) is 7. The van der Waals surface area contributed by atoms with Gasteiger partial charge in [-0.1, -0.05) is 0 Å². The monoisotopic (exact) mass is 406 g/mol. The lowest BCUT2D eigenvalue weighted by molar-refractivity contribution is -0.305. The second-order valence-corrected chi connectivity index (χ2v) is 7.80. The number of methoxy groups -OCH3 is 1. The highest BCUT2D eigenvalue weighted by Crippen LogP contribution is 2.33. The predicted octanol–water partition coefficient (Wildman–Crippen LogP) is 0.835. The van der Waals surface area contributed by atoms with Gasteiger partial charge in [-0.25, -0.2) is 0 Å². The molecule has 0 aliphatic carbocycles. The third kappa shape index (κ3) is 3.99. The smallest absolute Gasteiger partial charge is 0.229 e. The third-order valence-corrected chi connectivity index (χ3v) is 5.47. The normalized spacial score (nSPS) is 26.8. The van der Waals surface area contributed by atoms with Crippen LogP contribution in [-0.4, -0.2) is 66.2 Å². The summed E-state index contributed by atoms with van der Waals surface area (Å²) in [5.74, 6) is 0.315. The standard InChI is InChI=1S/C18H24BN2O6P/c1-18(2)15(25-3)13(22)14(23)16(27-18)26-11-5-4-9-6-10(21(28)17(19)24)8-20-12(9)7-11/h4-8,13-16,22-23H,19,28H2,1-3H3/t13-,14+,15+,16+/m0/s1. The molecule has 3 rings (SSSR count). The van der Waals surface area contributed by atoms with Crippen molar-refractivity contribution in [3.63, 3.8) is 0 Å².